The minimum atomic E-state index is -0.568. The van der Waals surface area contributed by atoms with Gasteiger partial charge in [0.1, 0.15) is 5.82 Å². The minimum absolute atomic E-state index is 0.0362. The maximum Gasteiger partial charge on any atom is 0.253 e. The summed E-state index contributed by atoms with van der Waals surface area (Å²) < 4.78 is 13.4. The third kappa shape index (κ3) is 3.93. The van der Waals surface area contributed by atoms with Crippen LogP contribution in [0.4, 0.5) is 10.1 Å². The number of piperidine rings is 1. The lowest BCUT2D eigenvalue weighted by Crippen LogP contribution is -2.41. The molecule has 21 heavy (non-hydrogen) atoms. The molecule has 0 spiro atoms. The van der Waals surface area contributed by atoms with Crippen LogP contribution in [0.5, 0.6) is 0 Å². The smallest absolute Gasteiger partial charge is 0.253 e. The van der Waals surface area contributed by atoms with E-state index in [1.165, 1.54) is 19.1 Å². The number of nitrogens with one attached hydrogen (secondary N) is 1. The Bertz CT molecular complexity index is 540. The van der Waals surface area contributed by atoms with E-state index in [1.54, 1.807) is 11.0 Å². The molecule has 0 atom stereocenters. The monoisotopic (exact) mass is 293 g/mol. The van der Waals surface area contributed by atoms with Gasteiger partial charge in [0, 0.05) is 32.1 Å². The first-order chi connectivity index (χ1) is 9.97. The minimum Gasteiger partial charge on any atom is -0.396 e. The number of nitrogen functional groups attached to an aromatic ring is 1. The molecule has 1 fully saturated rings. The highest BCUT2D eigenvalue weighted by atomic mass is 19.1. The highest BCUT2D eigenvalue weighted by Crippen LogP contribution is 2.20. The van der Waals surface area contributed by atoms with Crippen LogP contribution in [-0.2, 0) is 4.79 Å². The summed E-state index contributed by atoms with van der Waals surface area (Å²) in [5, 5.41) is 2.80. The summed E-state index contributed by atoms with van der Waals surface area (Å²) in [6, 6.07) is 4.14. The molecule has 0 unspecified atom stereocenters. The fourth-order valence-corrected chi connectivity index (χ4v) is 2.47. The van der Waals surface area contributed by atoms with Crippen LogP contribution < -0.4 is 11.1 Å². The second kappa shape index (κ2) is 6.56. The van der Waals surface area contributed by atoms with Gasteiger partial charge in [0.15, 0.2) is 0 Å². The van der Waals surface area contributed by atoms with Gasteiger partial charge in [0.25, 0.3) is 5.91 Å². The fraction of sp³-hybridized carbons (Fsp3) is 0.467. The zero-order valence-corrected chi connectivity index (χ0v) is 12.1. The molecule has 5 nitrogen and oxygen atoms in total. The van der Waals surface area contributed by atoms with Gasteiger partial charge in [-0.15, -0.1) is 0 Å². The second-order valence-corrected chi connectivity index (χ2v) is 5.41. The summed E-state index contributed by atoms with van der Waals surface area (Å²) in [6.45, 7) is 3.38. The number of amides is 2. The van der Waals surface area contributed by atoms with Crippen molar-refractivity contribution in [3.63, 3.8) is 0 Å². The molecule has 0 radical (unpaired) electrons. The van der Waals surface area contributed by atoms with E-state index >= 15 is 0 Å². The van der Waals surface area contributed by atoms with Gasteiger partial charge in [-0.2, -0.15) is 0 Å². The second-order valence-electron chi connectivity index (χ2n) is 5.41. The first kappa shape index (κ1) is 15.3. The van der Waals surface area contributed by atoms with E-state index in [2.05, 4.69) is 5.32 Å². The molecule has 2 rings (SSSR count). The van der Waals surface area contributed by atoms with Crippen molar-refractivity contribution in [1.29, 1.82) is 0 Å². The molecule has 2 amide bonds. The quantitative estimate of drug-likeness (QED) is 0.827. The van der Waals surface area contributed by atoms with Gasteiger partial charge >= 0.3 is 0 Å². The SMILES string of the molecule is CC(=O)NCC1CCN(C(=O)c2ccc(N)c(F)c2)CC1. The lowest BCUT2D eigenvalue weighted by atomic mass is 9.96. The van der Waals surface area contributed by atoms with Gasteiger partial charge in [-0.05, 0) is 37.0 Å². The van der Waals surface area contributed by atoms with Crippen molar-refractivity contribution >= 4 is 17.5 Å². The maximum absolute atomic E-state index is 13.4. The van der Waals surface area contributed by atoms with Crippen molar-refractivity contribution in [2.24, 2.45) is 5.92 Å². The number of nitrogens with zero attached hydrogens (tertiary/aromatic N) is 1. The Morgan fingerprint density at radius 2 is 2.05 bits per heavy atom. The molecular weight excluding hydrogens is 273 g/mol. The van der Waals surface area contributed by atoms with Crippen LogP contribution >= 0.6 is 0 Å². The first-order valence-electron chi connectivity index (χ1n) is 7.06. The molecule has 1 aliphatic rings. The van der Waals surface area contributed by atoms with Crippen molar-refractivity contribution in [2.45, 2.75) is 19.8 Å². The van der Waals surface area contributed by atoms with E-state index in [1.807, 2.05) is 0 Å². The summed E-state index contributed by atoms with van der Waals surface area (Å²) in [6.07, 6.45) is 1.67. The zero-order valence-electron chi connectivity index (χ0n) is 12.1. The van der Waals surface area contributed by atoms with Crippen molar-refractivity contribution in [3.8, 4) is 0 Å². The lowest BCUT2D eigenvalue weighted by molar-refractivity contribution is -0.119. The van der Waals surface area contributed by atoms with Crippen LogP contribution in [0.2, 0.25) is 0 Å². The zero-order chi connectivity index (χ0) is 15.4. The Balaban J connectivity index is 1.90. The van der Waals surface area contributed by atoms with Crippen LogP contribution in [0.1, 0.15) is 30.1 Å². The van der Waals surface area contributed by atoms with Gasteiger partial charge in [-0.3, -0.25) is 9.59 Å². The van der Waals surface area contributed by atoms with E-state index < -0.39 is 5.82 Å². The molecule has 114 valence electrons. The van der Waals surface area contributed by atoms with E-state index in [-0.39, 0.29) is 17.5 Å². The standard InChI is InChI=1S/C15H20FN3O2/c1-10(20)18-9-11-4-6-19(7-5-11)15(21)12-2-3-14(17)13(16)8-12/h2-3,8,11H,4-7,9,17H2,1H3,(H,18,20). The first-order valence-corrected chi connectivity index (χ1v) is 7.06. The van der Waals surface area contributed by atoms with Gasteiger partial charge < -0.3 is 16.0 Å². The predicted molar refractivity (Wildman–Crippen MR) is 78.1 cm³/mol. The number of carbonyl (C=O) groups is 2. The molecule has 0 bridgehead atoms. The normalized spacial score (nSPS) is 15.8. The summed E-state index contributed by atoms with van der Waals surface area (Å²) >= 11 is 0. The van der Waals surface area contributed by atoms with Crippen LogP contribution in [0.25, 0.3) is 0 Å². The molecule has 0 aliphatic carbocycles. The van der Waals surface area contributed by atoms with Crippen molar-refractivity contribution in [1.82, 2.24) is 10.2 Å². The van der Waals surface area contributed by atoms with Gasteiger partial charge in [-0.1, -0.05) is 0 Å². The lowest BCUT2D eigenvalue weighted by Gasteiger charge is -2.32. The van der Waals surface area contributed by atoms with Gasteiger partial charge in [0.2, 0.25) is 5.91 Å². The molecule has 3 N–H and O–H groups in total. The van der Waals surface area contributed by atoms with Gasteiger partial charge in [0.05, 0.1) is 5.69 Å². The number of likely N-dealkylation sites (tertiary alicyclic amines) is 1. The Hall–Kier alpha value is -2.11. The third-order valence-electron chi connectivity index (χ3n) is 3.79. The number of hydrogen-bond donors (Lipinski definition) is 2. The summed E-state index contributed by atoms with van der Waals surface area (Å²) in [7, 11) is 0. The third-order valence-corrected chi connectivity index (χ3v) is 3.79. The van der Waals surface area contributed by atoms with Crippen LogP contribution in [0, 0.1) is 11.7 Å². The summed E-state index contributed by atoms with van der Waals surface area (Å²) in [4.78, 5) is 24.9. The molecule has 1 saturated heterocycles. The molecule has 6 heteroatoms. The molecule has 1 aromatic carbocycles. The number of hydrogen-bond acceptors (Lipinski definition) is 3. The van der Waals surface area contributed by atoms with Crippen molar-refractivity contribution in [3.05, 3.63) is 29.6 Å². The van der Waals surface area contributed by atoms with E-state index in [9.17, 15) is 14.0 Å². The van der Waals surface area contributed by atoms with E-state index in [0.717, 1.165) is 12.8 Å². The van der Waals surface area contributed by atoms with E-state index in [0.29, 0.717) is 31.1 Å². The maximum atomic E-state index is 13.4. The Morgan fingerprint density at radius 3 is 2.62 bits per heavy atom. The van der Waals surface area contributed by atoms with Crippen LogP contribution in [0.15, 0.2) is 18.2 Å². The molecule has 0 saturated carbocycles. The number of anilines is 1. The Labute approximate surface area is 123 Å². The highest BCUT2D eigenvalue weighted by Gasteiger charge is 2.24. The topological polar surface area (TPSA) is 75.4 Å². The number of carbonyl (C=O) groups excluding carboxylic acids is 2. The molecule has 0 aromatic heterocycles. The number of nitrogens with two attached hydrogens (primary N) is 1. The summed E-state index contributed by atoms with van der Waals surface area (Å²) in [5.74, 6) is -0.389. The molecule has 1 heterocycles. The fourth-order valence-electron chi connectivity index (χ4n) is 2.47. The van der Waals surface area contributed by atoms with Crippen molar-refractivity contribution < 1.29 is 14.0 Å². The van der Waals surface area contributed by atoms with Crippen LogP contribution in [-0.4, -0.2) is 36.3 Å². The van der Waals surface area contributed by atoms with Crippen LogP contribution in [0.3, 0.4) is 0 Å². The molecular formula is C15H20FN3O2. The highest BCUT2D eigenvalue weighted by molar-refractivity contribution is 5.94. The molecule has 1 aromatic rings. The number of rotatable bonds is 3. The number of halogens is 1. The predicted octanol–water partition coefficient (Wildman–Crippen LogP) is 1.40. The number of benzene rings is 1. The molecule has 1 aliphatic heterocycles. The van der Waals surface area contributed by atoms with Gasteiger partial charge in [-0.25, -0.2) is 4.39 Å². The van der Waals surface area contributed by atoms with E-state index in [4.69, 9.17) is 5.73 Å². The Morgan fingerprint density at radius 1 is 1.38 bits per heavy atom. The summed E-state index contributed by atoms with van der Waals surface area (Å²) in [5.41, 5.74) is 5.77. The average Bonchev–Trinajstić information content (AvgIpc) is 2.48. The Kier molecular flexibility index (Phi) is 4.77. The largest absolute Gasteiger partial charge is 0.396 e. The van der Waals surface area contributed by atoms with Crippen molar-refractivity contribution in [2.75, 3.05) is 25.4 Å². The average molecular weight is 293 g/mol.